The fourth-order valence-corrected chi connectivity index (χ4v) is 2.37. The normalized spacial score (nSPS) is 16.3. The zero-order chi connectivity index (χ0) is 16.5. The number of aliphatic imine (C=N–C) groups is 1. The minimum Gasteiger partial charge on any atom is -0.379 e. The van der Waals surface area contributed by atoms with E-state index in [2.05, 4.69) is 20.2 Å². The molecule has 0 unspecified atom stereocenters. The lowest BCUT2D eigenvalue weighted by atomic mass is 10.3. The molecule has 0 bridgehead atoms. The number of rotatable bonds is 7. The monoisotopic (exact) mass is 320 g/mol. The summed E-state index contributed by atoms with van der Waals surface area (Å²) in [4.78, 5) is 13.3. The summed E-state index contributed by atoms with van der Waals surface area (Å²) in [5.41, 5.74) is 6.82. The SMILES string of the molecule is CN(C)c1cccc(CN=C(N)NCCCN2CCOCC2)n1. The van der Waals surface area contributed by atoms with E-state index in [1.54, 1.807) is 0 Å². The van der Waals surface area contributed by atoms with E-state index in [4.69, 9.17) is 10.5 Å². The maximum atomic E-state index is 5.91. The Morgan fingerprint density at radius 3 is 2.91 bits per heavy atom. The highest BCUT2D eigenvalue weighted by Crippen LogP contribution is 2.08. The molecule has 0 atom stereocenters. The van der Waals surface area contributed by atoms with Crippen LogP contribution in [-0.2, 0) is 11.3 Å². The molecule has 0 amide bonds. The van der Waals surface area contributed by atoms with Crippen molar-refractivity contribution in [2.75, 3.05) is 58.4 Å². The van der Waals surface area contributed by atoms with Gasteiger partial charge in [-0.1, -0.05) is 6.07 Å². The van der Waals surface area contributed by atoms with Crippen LogP contribution in [0.15, 0.2) is 23.2 Å². The number of pyridine rings is 1. The predicted octanol–water partition coefficient (Wildman–Crippen LogP) is 0.274. The summed E-state index contributed by atoms with van der Waals surface area (Å²) >= 11 is 0. The summed E-state index contributed by atoms with van der Waals surface area (Å²) in [7, 11) is 3.94. The Hall–Kier alpha value is -1.86. The van der Waals surface area contributed by atoms with Crippen molar-refractivity contribution in [3.8, 4) is 0 Å². The summed E-state index contributed by atoms with van der Waals surface area (Å²) in [6, 6.07) is 5.92. The van der Waals surface area contributed by atoms with Gasteiger partial charge in [0.05, 0.1) is 25.5 Å². The summed E-state index contributed by atoms with van der Waals surface area (Å²) in [5.74, 6) is 1.40. The molecule has 0 spiro atoms. The molecule has 2 rings (SSSR count). The van der Waals surface area contributed by atoms with E-state index in [-0.39, 0.29) is 0 Å². The molecule has 1 fully saturated rings. The molecule has 0 radical (unpaired) electrons. The Balaban J connectivity index is 1.67. The Kier molecular flexibility index (Phi) is 7.09. The van der Waals surface area contributed by atoms with E-state index < -0.39 is 0 Å². The maximum Gasteiger partial charge on any atom is 0.188 e. The Labute approximate surface area is 138 Å². The lowest BCUT2D eigenvalue weighted by Gasteiger charge is -2.26. The van der Waals surface area contributed by atoms with Gasteiger partial charge in [0.15, 0.2) is 5.96 Å². The van der Waals surface area contributed by atoms with Crippen LogP contribution in [-0.4, -0.2) is 69.3 Å². The zero-order valence-electron chi connectivity index (χ0n) is 14.2. The van der Waals surface area contributed by atoms with Crippen molar-refractivity contribution in [1.29, 1.82) is 0 Å². The molecule has 2 heterocycles. The van der Waals surface area contributed by atoms with Gasteiger partial charge in [-0.3, -0.25) is 4.90 Å². The molecule has 23 heavy (non-hydrogen) atoms. The van der Waals surface area contributed by atoms with E-state index in [1.807, 2.05) is 37.2 Å². The molecule has 1 aromatic heterocycles. The number of nitrogens with two attached hydrogens (primary N) is 1. The second kappa shape index (κ2) is 9.32. The number of hydrogen-bond acceptors (Lipinski definition) is 5. The first kappa shape index (κ1) is 17.5. The maximum absolute atomic E-state index is 5.91. The lowest BCUT2D eigenvalue weighted by Crippen LogP contribution is -2.39. The van der Waals surface area contributed by atoms with E-state index in [1.165, 1.54) is 0 Å². The number of nitrogens with zero attached hydrogens (tertiary/aromatic N) is 4. The molecular formula is C16H28N6O. The Morgan fingerprint density at radius 2 is 2.17 bits per heavy atom. The second-order valence-corrected chi connectivity index (χ2v) is 5.82. The Morgan fingerprint density at radius 1 is 1.39 bits per heavy atom. The van der Waals surface area contributed by atoms with Crippen LogP contribution in [0.25, 0.3) is 0 Å². The predicted molar refractivity (Wildman–Crippen MR) is 93.8 cm³/mol. The molecule has 7 nitrogen and oxygen atoms in total. The molecule has 1 aromatic rings. The topological polar surface area (TPSA) is 79.0 Å². The van der Waals surface area contributed by atoms with Gasteiger partial charge in [-0.15, -0.1) is 0 Å². The summed E-state index contributed by atoms with van der Waals surface area (Å²) in [5, 5.41) is 3.16. The molecule has 1 aliphatic heterocycles. The minimum atomic E-state index is 0.476. The highest BCUT2D eigenvalue weighted by molar-refractivity contribution is 5.77. The van der Waals surface area contributed by atoms with Crippen molar-refractivity contribution in [1.82, 2.24) is 15.2 Å². The first-order chi connectivity index (χ1) is 11.1. The molecule has 1 saturated heterocycles. The molecule has 0 aliphatic carbocycles. The number of anilines is 1. The van der Waals surface area contributed by atoms with Crippen LogP contribution >= 0.6 is 0 Å². The largest absolute Gasteiger partial charge is 0.379 e. The van der Waals surface area contributed by atoms with Crippen LogP contribution < -0.4 is 16.0 Å². The van der Waals surface area contributed by atoms with Gasteiger partial charge >= 0.3 is 0 Å². The third kappa shape index (κ3) is 6.42. The zero-order valence-corrected chi connectivity index (χ0v) is 14.2. The molecule has 0 aromatic carbocycles. The Bertz CT molecular complexity index is 499. The van der Waals surface area contributed by atoms with Crippen LogP contribution in [0.3, 0.4) is 0 Å². The average molecular weight is 320 g/mol. The molecule has 0 saturated carbocycles. The first-order valence-electron chi connectivity index (χ1n) is 8.12. The standard InChI is InChI=1S/C16H28N6O/c1-21(2)15-6-3-5-14(20-15)13-19-16(17)18-7-4-8-22-9-11-23-12-10-22/h3,5-6H,4,7-13H2,1-2H3,(H3,17,18,19). The lowest BCUT2D eigenvalue weighted by molar-refractivity contribution is 0.0376. The van der Waals surface area contributed by atoms with Crippen molar-refractivity contribution in [2.24, 2.45) is 10.7 Å². The van der Waals surface area contributed by atoms with Gasteiger partial charge in [-0.05, 0) is 25.1 Å². The fraction of sp³-hybridized carbons (Fsp3) is 0.625. The van der Waals surface area contributed by atoms with Crippen molar-refractivity contribution in [3.05, 3.63) is 23.9 Å². The van der Waals surface area contributed by atoms with E-state index in [0.717, 1.165) is 57.3 Å². The van der Waals surface area contributed by atoms with E-state index in [0.29, 0.717) is 12.5 Å². The van der Waals surface area contributed by atoms with Gasteiger partial charge in [0.25, 0.3) is 0 Å². The van der Waals surface area contributed by atoms with Gasteiger partial charge in [0, 0.05) is 33.7 Å². The third-order valence-corrected chi connectivity index (χ3v) is 3.72. The van der Waals surface area contributed by atoms with E-state index >= 15 is 0 Å². The van der Waals surface area contributed by atoms with Crippen LogP contribution in [0.2, 0.25) is 0 Å². The fourth-order valence-electron chi connectivity index (χ4n) is 2.37. The number of ether oxygens (including phenoxy) is 1. The minimum absolute atomic E-state index is 0.476. The number of nitrogens with one attached hydrogen (secondary N) is 1. The van der Waals surface area contributed by atoms with Crippen molar-refractivity contribution >= 4 is 11.8 Å². The highest BCUT2D eigenvalue weighted by Gasteiger charge is 2.09. The van der Waals surface area contributed by atoms with Gasteiger partial charge in [-0.2, -0.15) is 0 Å². The molecule has 1 aliphatic rings. The van der Waals surface area contributed by atoms with Gasteiger partial charge in [0.1, 0.15) is 5.82 Å². The average Bonchev–Trinajstić information content (AvgIpc) is 2.58. The quantitative estimate of drug-likeness (QED) is 0.427. The number of guanidine groups is 1. The van der Waals surface area contributed by atoms with Gasteiger partial charge < -0.3 is 20.7 Å². The van der Waals surface area contributed by atoms with Crippen LogP contribution in [0.4, 0.5) is 5.82 Å². The van der Waals surface area contributed by atoms with Gasteiger partial charge in [0.2, 0.25) is 0 Å². The van der Waals surface area contributed by atoms with Gasteiger partial charge in [-0.25, -0.2) is 9.98 Å². The first-order valence-corrected chi connectivity index (χ1v) is 8.12. The molecule has 7 heteroatoms. The van der Waals surface area contributed by atoms with Crippen molar-refractivity contribution in [3.63, 3.8) is 0 Å². The summed E-state index contributed by atoms with van der Waals surface area (Å²) < 4.78 is 5.34. The molecule has 3 N–H and O–H groups in total. The number of aromatic nitrogens is 1. The summed E-state index contributed by atoms with van der Waals surface area (Å²) in [6.07, 6.45) is 1.05. The highest BCUT2D eigenvalue weighted by atomic mass is 16.5. The van der Waals surface area contributed by atoms with Crippen LogP contribution in [0, 0.1) is 0 Å². The van der Waals surface area contributed by atoms with Crippen LogP contribution in [0.1, 0.15) is 12.1 Å². The second-order valence-electron chi connectivity index (χ2n) is 5.82. The van der Waals surface area contributed by atoms with Crippen molar-refractivity contribution in [2.45, 2.75) is 13.0 Å². The number of hydrogen-bond donors (Lipinski definition) is 2. The third-order valence-electron chi connectivity index (χ3n) is 3.72. The van der Waals surface area contributed by atoms with Crippen LogP contribution in [0.5, 0.6) is 0 Å². The number of morpholine rings is 1. The molecular weight excluding hydrogens is 292 g/mol. The smallest absolute Gasteiger partial charge is 0.188 e. The molecule has 128 valence electrons. The summed E-state index contributed by atoms with van der Waals surface area (Å²) in [6.45, 7) is 6.12. The van der Waals surface area contributed by atoms with E-state index in [9.17, 15) is 0 Å². The van der Waals surface area contributed by atoms with Crippen molar-refractivity contribution < 1.29 is 4.74 Å².